The Bertz CT molecular complexity index is 1500. The maximum atomic E-state index is 13.0. The highest BCUT2D eigenvalue weighted by molar-refractivity contribution is 6.06. The van der Waals surface area contributed by atoms with Crippen LogP contribution in [0.3, 0.4) is 0 Å². The molecule has 37 heavy (non-hydrogen) atoms. The van der Waals surface area contributed by atoms with Crippen molar-refractivity contribution in [1.29, 1.82) is 0 Å². The standard InChI is InChI=1S/C31H33NO5/c1-8-36-30-21(5)31-25(26(17-37-31)23-11-9-18(2)13-19(23)3)16-24(30)20(4)14-29(33)32-27-12-10-22(34-6)15-28(27)35-7/h9-17H,8H2,1-7H3,(H,32,33)/b20-14+. The number of hydrogen-bond acceptors (Lipinski definition) is 5. The molecule has 1 aromatic heterocycles. The highest BCUT2D eigenvalue weighted by atomic mass is 16.5. The summed E-state index contributed by atoms with van der Waals surface area (Å²) in [4.78, 5) is 13.0. The molecule has 4 rings (SSSR count). The number of hydrogen-bond donors (Lipinski definition) is 1. The number of ether oxygens (including phenoxy) is 3. The number of methoxy groups -OCH3 is 2. The maximum absolute atomic E-state index is 13.0. The molecule has 0 aliphatic rings. The van der Waals surface area contributed by atoms with E-state index >= 15 is 0 Å². The van der Waals surface area contributed by atoms with Crippen molar-refractivity contribution in [3.8, 4) is 28.4 Å². The summed E-state index contributed by atoms with van der Waals surface area (Å²) in [5, 5.41) is 3.89. The molecule has 0 saturated heterocycles. The molecule has 4 aromatic rings. The number of amides is 1. The smallest absolute Gasteiger partial charge is 0.248 e. The Hall–Kier alpha value is -4.19. The Kier molecular flexibility index (Phi) is 7.58. The van der Waals surface area contributed by atoms with E-state index in [9.17, 15) is 4.79 Å². The van der Waals surface area contributed by atoms with Gasteiger partial charge in [0.15, 0.2) is 0 Å². The first-order valence-electron chi connectivity index (χ1n) is 12.2. The Morgan fingerprint density at radius 2 is 1.78 bits per heavy atom. The fourth-order valence-corrected chi connectivity index (χ4v) is 4.61. The summed E-state index contributed by atoms with van der Waals surface area (Å²) < 4.78 is 22.7. The van der Waals surface area contributed by atoms with Crippen LogP contribution in [0.2, 0.25) is 0 Å². The third kappa shape index (κ3) is 5.19. The van der Waals surface area contributed by atoms with Gasteiger partial charge in [-0.3, -0.25) is 4.79 Å². The van der Waals surface area contributed by atoms with E-state index in [2.05, 4.69) is 43.4 Å². The highest BCUT2D eigenvalue weighted by Gasteiger charge is 2.20. The van der Waals surface area contributed by atoms with Gasteiger partial charge in [-0.05, 0) is 69.5 Å². The summed E-state index contributed by atoms with van der Waals surface area (Å²) in [5.74, 6) is 1.59. The lowest BCUT2D eigenvalue weighted by molar-refractivity contribution is -0.111. The molecule has 0 fully saturated rings. The fourth-order valence-electron chi connectivity index (χ4n) is 4.61. The van der Waals surface area contributed by atoms with Crippen molar-refractivity contribution in [3.63, 3.8) is 0 Å². The lowest BCUT2D eigenvalue weighted by Crippen LogP contribution is -2.10. The fraction of sp³-hybridized carbons (Fsp3) is 0.258. The van der Waals surface area contributed by atoms with E-state index in [4.69, 9.17) is 18.6 Å². The number of carbonyl (C=O) groups excluding carboxylic acids is 1. The molecule has 0 radical (unpaired) electrons. The average Bonchev–Trinajstić information content (AvgIpc) is 3.29. The Labute approximate surface area is 217 Å². The van der Waals surface area contributed by atoms with Gasteiger partial charge in [-0.15, -0.1) is 0 Å². The minimum Gasteiger partial charge on any atom is -0.497 e. The number of nitrogens with one attached hydrogen (secondary N) is 1. The zero-order chi connectivity index (χ0) is 26.7. The lowest BCUT2D eigenvalue weighted by Gasteiger charge is -2.15. The van der Waals surface area contributed by atoms with Crippen molar-refractivity contribution in [1.82, 2.24) is 0 Å². The number of anilines is 1. The van der Waals surface area contributed by atoms with E-state index < -0.39 is 0 Å². The van der Waals surface area contributed by atoms with Crippen LogP contribution in [0.25, 0.3) is 27.7 Å². The summed E-state index contributed by atoms with van der Waals surface area (Å²) >= 11 is 0. The number of rotatable bonds is 8. The van der Waals surface area contributed by atoms with Crippen LogP contribution in [0.4, 0.5) is 5.69 Å². The van der Waals surface area contributed by atoms with Crippen molar-refractivity contribution >= 4 is 28.1 Å². The largest absolute Gasteiger partial charge is 0.497 e. The Balaban J connectivity index is 1.77. The van der Waals surface area contributed by atoms with Gasteiger partial charge in [0.1, 0.15) is 22.8 Å². The second-order valence-electron chi connectivity index (χ2n) is 9.04. The van der Waals surface area contributed by atoms with Crippen LogP contribution < -0.4 is 19.5 Å². The SMILES string of the molecule is CCOc1c(/C(C)=C/C(=O)Nc2ccc(OC)cc2OC)cc2c(-c3ccc(C)cc3C)coc2c1C. The van der Waals surface area contributed by atoms with E-state index in [-0.39, 0.29) is 5.91 Å². The summed E-state index contributed by atoms with van der Waals surface area (Å²) in [5.41, 5.74) is 8.37. The molecule has 6 heteroatoms. The number of fused-ring (bicyclic) bond motifs is 1. The normalized spacial score (nSPS) is 11.5. The van der Waals surface area contributed by atoms with Gasteiger partial charge in [-0.1, -0.05) is 23.8 Å². The summed E-state index contributed by atoms with van der Waals surface area (Å²) in [6.45, 7) is 10.5. The minimum atomic E-state index is -0.275. The highest BCUT2D eigenvalue weighted by Crippen LogP contribution is 2.41. The van der Waals surface area contributed by atoms with Crippen molar-refractivity contribution in [2.24, 2.45) is 0 Å². The molecule has 0 aliphatic heterocycles. The molecule has 6 nitrogen and oxygen atoms in total. The molecule has 0 bridgehead atoms. The Morgan fingerprint density at radius 3 is 2.46 bits per heavy atom. The Morgan fingerprint density at radius 1 is 1.00 bits per heavy atom. The quantitative estimate of drug-likeness (QED) is 0.254. The molecule has 1 N–H and O–H groups in total. The number of aryl methyl sites for hydroxylation is 3. The third-order valence-corrected chi connectivity index (χ3v) is 6.44. The van der Waals surface area contributed by atoms with Crippen LogP contribution >= 0.6 is 0 Å². The predicted molar refractivity (Wildman–Crippen MR) is 149 cm³/mol. The number of allylic oxidation sites excluding steroid dienone is 1. The molecule has 0 unspecified atom stereocenters. The van der Waals surface area contributed by atoms with Gasteiger partial charge < -0.3 is 23.9 Å². The molecule has 0 atom stereocenters. The second kappa shape index (κ2) is 10.8. The second-order valence-corrected chi connectivity index (χ2v) is 9.04. The van der Waals surface area contributed by atoms with Gasteiger partial charge in [0.2, 0.25) is 5.91 Å². The van der Waals surface area contributed by atoms with E-state index in [1.54, 1.807) is 44.8 Å². The van der Waals surface area contributed by atoms with Crippen molar-refractivity contribution in [3.05, 3.63) is 77.1 Å². The van der Waals surface area contributed by atoms with Crippen LogP contribution in [0.1, 0.15) is 36.1 Å². The van der Waals surface area contributed by atoms with E-state index in [1.807, 2.05) is 20.8 Å². The molecule has 192 valence electrons. The molecular weight excluding hydrogens is 466 g/mol. The van der Waals surface area contributed by atoms with Crippen LogP contribution in [0.5, 0.6) is 17.2 Å². The number of furan rings is 1. The summed E-state index contributed by atoms with van der Waals surface area (Å²) in [6, 6.07) is 13.7. The molecule has 3 aromatic carbocycles. The van der Waals surface area contributed by atoms with Gasteiger partial charge in [-0.2, -0.15) is 0 Å². The summed E-state index contributed by atoms with van der Waals surface area (Å²) in [6.07, 6.45) is 3.38. The molecule has 1 amide bonds. The van der Waals surface area contributed by atoms with Gasteiger partial charge >= 0.3 is 0 Å². The topological polar surface area (TPSA) is 69.9 Å². The summed E-state index contributed by atoms with van der Waals surface area (Å²) in [7, 11) is 3.13. The zero-order valence-corrected chi connectivity index (χ0v) is 22.4. The molecule has 1 heterocycles. The average molecular weight is 500 g/mol. The minimum absolute atomic E-state index is 0.275. The third-order valence-electron chi connectivity index (χ3n) is 6.44. The van der Waals surface area contributed by atoms with Crippen LogP contribution in [-0.2, 0) is 4.79 Å². The molecule has 0 saturated carbocycles. The van der Waals surface area contributed by atoms with E-state index in [0.29, 0.717) is 29.5 Å². The first-order valence-corrected chi connectivity index (χ1v) is 12.2. The zero-order valence-electron chi connectivity index (χ0n) is 22.4. The van der Waals surface area contributed by atoms with Crippen LogP contribution in [0.15, 0.2) is 59.2 Å². The van der Waals surface area contributed by atoms with Gasteiger partial charge in [0, 0.05) is 34.2 Å². The van der Waals surface area contributed by atoms with Gasteiger partial charge in [0.05, 0.1) is 32.8 Å². The van der Waals surface area contributed by atoms with Crippen molar-refractivity contribution in [2.45, 2.75) is 34.6 Å². The first kappa shape index (κ1) is 25.9. The molecule has 0 aliphatic carbocycles. The number of benzene rings is 3. The molecular formula is C31H33NO5. The van der Waals surface area contributed by atoms with E-state index in [1.165, 1.54) is 11.1 Å². The monoisotopic (exact) mass is 499 g/mol. The predicted octanol–water partition coefficient (Wildman–Crippen LogP) is 7.48. The maximum Gasteiger partial charge on any atom is 0.248 e. The van der Waals surface area contributed by atoms with Gasteiger partial charge in [0.25, 0.3) is 0 Å². The van der Waals surface area contributed by atoms with Gasteiger partial charge in [-0.25, -0.2) is 0 Å². The molecule has 0 spiro atoms. The van der Waals surface area contributed by atoms with Crippen LogP contribution in [-0.4, -0.2) is 26.7 Å². The van der Waals surface area contributed by atoms with Crippen molar-refractivity contribution < 1.29 is 23.4 Å². The van der Waals surface area contributed by atoms with Crippen LogP contribution in [0, 0.1) is 20.8 Å². The first-order chi connectivity index (χ1) is 17.8. The lowest BCUT2D eigenvalue weighted by atomic mass is 9.94. The number of carbonyl (C=O) groups is 1. The van der Waals surface area contributed by atoms with E-state index in [0.717, 1.165) is 38.8 Å². The van der Waals surface area contributed by atoms with Crippen molar-refractivity contribution in [2.75, 3.05) is 26.1 Å².